The van der Waals surface area contributed by atoms with Crippen molar-refractivity contribution in [3.63, 3.8) is 0 Å². The molecule has 3 heteroatoms. The van der Waals surface area contributed by atoms with E-state index < -0.39 is 0 Å². The van der Waals surface area contributed by atoms with E-state index in [1.54, 1.807) is 6.20 Å². The van der Waals surface area contributed by atoms with Gasteiger partial charge in [-0.3, -0.25) is 4.68 Å². The SMILES string of the molecule is CCn1ncc(C#Cc2cccc(N)c2)c1C. The van der Waals surface area contributed by atoms with Crippen LogP contribution in [0.5, 0.6) is 0 Å². The average molecular weight is 225 g/mol. The van der Waals surface area contributed by atoms with E-state index in [-0.39, 0.29) is 0 Å². The van der Waals surface area contributed by atoms with E-state index in [1.165, 1.54) is 0 Å². The molecule has 0 aliphatic heterocycles. The maximum atomic E-state index is 5.70. The molecule has 2 aromatic rings. The molecule has 0 atom stereocenters. The molecular formula is C14H15N3. The van der Waals surface area contributed by atoms with E-state index in [4.69, 9.17) is 5.73 Å². The van der Waals surface area contributed by atoms with Crippen molar-refractivity contribution in [3.05, 3.63) is 47.3 Å². The van der Waals surface area contributed by atoms with Crippen LogP contribution in [-0.4, -0.2) is 9.78 Å². The van der Waals surface area contributed by atoms with Crippen molar-refractivity contribution in [2.45, 2.75) is 20.4 Å². The quantitative estimate of drug-likeness (QED) is 0.597. The molecule has 0 spiro atoms. The van der Waals surface area contributed by atoms with Crippen LogP contribution in [0.25, 0.3) is 0 Å². The molecule has 86 valence electrons. The fraction of sp³-hybridized carbons (Fsp3) is 0.214. The predicted molar refractivity (Wildman–Crippen MR) is 69.5 cm³/mol. The lowest BCUT2D eigenvalue weighted by Crippen LogP contribution is -1.98. The Balaban J connectivity index is 2.30. The molecule has 0 saturated heterocycles. The number of hydrogen-bond acceptors (Lipinski definition) is 2. The Hall–Kier alpha value is -2.21. The standard InChI is InChI=1S/C14H15N3/c1-3-17-11(2)13(10-16-17)8-7-12-5-4-6-14(15)9-12/h4-6,9-10H,3,15H2,1-2H3. The van der Waals surface area contributed by atoms with Gasteiger partial charge in [0.25, 0.3) is 0 Å². The van der Waals surface area contributed by atoms with Crippen LogP contribution in [-0.2, 0) is 6.54 Å². The van der Waals surface area contributed by atoms with Gasteiger partial charge in [-0.15, -0.1) is 0 Å². The lowest BCUT2D eigenvalue weighted by atomic mass is 10.2. The summed E-state index contributed by atoms with van der Waals surface area (Å²) in [4.78, 5) is 0. The summed E-state index contributed by atoms with van der Waals surface area (Å²) in [6, 6.07) is 7.57. The van der Waals surface area contributed by atoms with Gasteiger partial charge in [0, 0.05) is 17.8 Å². The highest BCUT2D eigenvalue weighted by molar-refractivity contribution is 5.49. The van der Waals surface area contributed by atoms with Crippen molar-refractivity contribution in [2.75, 3.05) is 5.73 Å². The van der Waals surface area contributed by atoms with Crippen LogP contribution in [0.15, 0.2) is 30.5 Å². The summed E-state index contributed by atoms with van der Waals surface area (Å²) in [6.07, 6.45) is 1.80. The monoisotopic (exact) mass is 225 g/mol. The highest BCUT2D eigenvalue weighted by Crippen LogP contribution is 2.07. The first-order valence-corrected chi connectivity index (χ1v) is 5.60. The van der Waals surface area contributed by atoms with Crippen LogP contribution < -0.4 is 5.73 Å². The summed E-state index contributed by atoms with van der Waals surface area (Å²) in [5.74, 6) is 6.22. The zero-order chi connectivity index (χ0) is 12.3. The third kappa shape index (κ3) is 2.48. The van der Waals surface area contributed by atoms with Crippen LogP contribution in [0, 0.1) is 18.8 Å². The first-order valence-electron chi connectivity index (χ1n) is 5.60. The number of nitrogens with zero attached hydrogens (tertiary/aromatic N) is 2. The Morgan fingerprint density at radius 3 is 2.82 bits per heavy atom. The minimum absolute atomic E-state index is 0.734. The fourth-order valence-electron chi connectivity index (χ4n) is 1.64. The molecule has 0 fully saturated rings. The average Bonchev–Trinajstić information content (AvgIpc) is 2.67. The van der Waals surface area contributed by atoms with Crippen LogP contribution in [0.4, 0.5) is 5.69 Å². The highest BCUT2D eigenvalue weighted by Gasteiger charge is 2.01. The zero-order valence-electron chi connectivity index (χ0n) is 10.1. The molecule has 0 aliphatic rings. The summed E-state index contributed by atoms with van der Waals surface area (Å²) in [6.45, 7) is 4.96. The summed E-state index contributed by atoms with van der Waals surface area (Å²) >= 11 is 0. The van der Waals surface area contributed by atoms with Gasteiger partial charge in [0.1, 0.15) is 0 Å². The maximum absolute atomic E-state index is 5.70. The van der Waals surface area contributed by atoms with Crippen molar-refractivity contribution in [2.24, 2.45) is 0 Å². The van der Waals surface area contributed by atoms with Gasteiger partial charge >= 0.3 is 0 Å². The van der Waals surface area contributed by atoms with Crippen molar-refractivity contribution >= 4 is 5.69 Å². The summed E-state index contributed by atoms with van der Waals surface area (Å²) < 4.78 is 1.93. The van der Waals surface area contributed by atoms with Crippen molar-refractivity contribution in [1.82, 2.24) is 9.78 Å². The van der Waals surface area contributed by atoms with Gasteiger partial charge in [-0.25, -0.2) is 0 Å². The van der Waals surface area contributed by atoms with Crippen LogP contribution in [0.2, 0.25) is 0 Å². The van der Waals surface area contributed by atoms with Crippen LogP contribution >= 0.6 is 0 Å². The second kappa shape index (κ2) is 4.75. The van der Waals surface area contributed by atoms with Crippen molar-refractivity contribution < 1.29 is 0 Å². The summed E-state index contributed by atoms with van der Waals surface area (Å²) in [5.41, 5.74) is 9.43. The van der Waals surface area contributed by atoms with Gasteiger partial charge in [0.2, 0.25) is 0 Å². The van der Waals surface area contributed by atoms with Crippen LogP contribution in [0.1, 0.15) is 23.7 Å². The molecule has 0 amide bonds. The molecule has 17 heavy (non-hydrogen) atoms. The third-order valence-electron chi connectivity index (χ3n) is 2.63. The van der Waals surface area contributed by atoms with E-state index in [0.717, 1.165) is 29.1 Å². The lowest BCUT2D eigenvalue weighted by Gasteiger charge is -1.97. The molecule has 0 bridgehead atoms. The number of aryl methyl sites for hydroxylation is 1. The zero-order valence-corrected chi connectivity index (χ0v) is 10.1. The molecule has 1 aromatic carbocycles. The molecule has 0 unspecified atom stereocenters. The van der Waals surface area contributed by atoms with Gasteiger partial charge in [-0.05, 0) is 32.0 Å². The molecule has 2 rings (SSSR count). The second-order valence-corrected chi connectivity index (χ2v) is 3.83. The summed E-state index contributed by atoms with van der Waals surface area (Å²) in [5, 5.41) is 4.25. The Bertz CT molecular complexity index is 585. The number of hydrogen-bond donors (Lipinski definition) is 1. The normalized spacial score (nSPS) is 9.76. The lowest BCUT2D eigenvalue weighted by molar-refractivity contribution is 0.639. The largest absolute Gasteiger partial charge is 0.399 e. The van der Waals surface area contributed by atoms with Gasteiger partial charge < -0.3 is 5.73 Å². The van der Waals surface area contributed by atoms with E-state index in [0.29, 0.717) is 0 Å². The number of benzene rings is 1. The second-order valence-electron chi connectivity index (χ2n) is 3.83. The number of nitrogen functional groups attached to an aromatic ring is 1. The Morgan fingerprint density at radius 1 is 1.35 bits per heavy atom. The van der Waals surface area contributed by atoms with Gasteiger partial charge in [0.05, 0.1) is 17.5 Å². The third-order valence-corrected chi connectivity index (χ3v) is 2.63. The molecule has 1 aromatic heterocycles. The predicted octanol–water partition coefficient (Wildman–Crippen LogP) is 2.19. The van der Waals surface area contributed by atoms with Crippen molar-refractivity contribution in [3.8, 4) is 11.8 Å². The Labute approximate surface area is 101 Å². The molecule has 1 heterocycles. The van der Waals surface area contributed by atoms with Gasteiger partial charge in [-0.1, -0.05) is 17.9 Å². The number of rotatable bonds is 1. The first-order chi connectivity index (χ1) is 8.20. The molecular weight excluding hydrogens is 210 g/mol. The fourth-order valence-corrected chi connectivity index (χ4v) is 1.64. The minimum atomic E-state index is 0.734. The smallest absolute Gasteiger partial charge is 0.0658 e. The van der Waals surface area contributed by atoms with E-state index in [2.05, 4.69) is 23.9 Å². The number of aromatic nitrogens is 2. The number of nitrogens with two attached hydrogens (primary N) is 1. The maximum Gasteiger partial charge on any atom is 0.0658 e. The van der Waals surface area contributed by atoms with E-state index in [1.807, 2.05) is 35.9 Å². The molecule has 0 saturated carbocycles. The Kier molecular flexibility index (Phi) is 3.15. The van der Waals surface area contributed by atoms with Gasteiger partial charge in [-0.2, -0.15) is 5.10 Å². The van der Waals surface area contributed by atoms with E-state index >= 15 is 0 Å². The molecule has 0 aliphatic carbocycles. The molecule has 3 nitrogen and oxygen atoms in total. The molecule has 0 radical (unpaired) electrons. The minimum Gasteiger partial charge on any atom is -0.399 e. The van der Waals surface area contributed by atoms with Crippen LogP contribution in [0.3, 0.4) is 0 Å². The highest BCUT2D eigenvalue weighted by atomic mass is 15.3. The van der Waals surface area contributed by atoms with Gasteiger partial charge in [0.15, 0.2) is 0 Å². The van der Waals surface area contributed by atoms with Crippen molar-refractivity contribution in [1.29, 1.82) is 0 Å². The van der Waals surface area contributed by atoms with E-state index in [9.17, 15) is 0 Å². The topological polar surface area (TPSA) is 43.8 Å². The summed E-state index contributed by atoms with van der Waals surface area (Å²) in [7, 11) is 0. The molecule has 2 N–H and O–H groups in total. The number of anilines is 1. The first kappa shape index (κ1) is 11.3. The Morgan fingerprint density at radius 2 is 2.18 bits per heavy atom.